The van der Waals surface area contributed by atoms with Crippen molar-refractivity contribution in [3.8, 4) is 0 Å². The summed E-state index contributed by atoms with van der Waals surface area (Å²) in [6, 6.07) is 1.93. The molecule has 122 valence electrons. The fourth-order valence-corrected chi connectivity index (χ4v) is 3.45. The van der Waals surface area contributed by atoms with Gasteiger partial charge in [0.1, 0.15) is 0 Å². The average Bonchev–Trinajstić information content (AvgIpc) is 2.95. The highest BCUT2D eigenvalue weighted by Gasteiger charge is 2.23. The number of likely N-dealkylation sites (tertiary alicyclic amines) is 1. The Morgan fingerprint density at radius 1 is 1.55 bits per heavy atom. The molecule has 0 saturated carbocycles. The second-order valence-corrected chi connectivity index (χ2v) is 6.40. The van der Waals surface area contributed by atoms with E-state index in [0.717, 1.165) is 42.7 Å². The van der Waals surface area contributed by atoms with E-state index in [9.17, 15) is 14.9 Å². The largest absolute Gasteiger partial charge is 0.354 e. The van der Waals surface area contributed by atoms with Crippen molar-refractivity contribution in [1.82, 2.24) is 10.2 Å². The van der Waals surface area contributed by atoms with Gasteiger partial charge in [-0.3, -0.25) is 19.8 Å². The summed E-state index contributed by atoms with van der Waals surface area (Å²) in [7, 11) is 0. The molecule has 0 spiro atoms. The molecule has 1 aromatic heterocycles. The first-order valence-corrected chi connectivity index (χ1v) is 8.40. The van der Waals surface area contributed by atoms with Gasteiger partial charge in [0.2, 0.25) is 5.91 Å². The van der Waals surface area contributed by atoms with Crippen LogP contribution in [0.1, 0.15) is 31.2 Å². The number of nitrogens with two attached hydrogens (primary N) is 1. The second kappa shape index (κ2) is 8.21. The highest BCUT2D eigenvalue weighted by atomic mass is 32.1. The molecule has 1 saturated heterocycles. The minimum Gasteiger partial charge on any atom is -0.354 e. The van der Waals surface area contributed by atoms with Crippen LogP contribution in [0.25, 0.3) is 0 Å². The van der Waals surface area contributed by atoms with E-state index in [1.165, 1.54) is 0 Å². The molecule has 1 unspecified atom stereocenters. The van der Waals surface area contributed by atoms with E-state index < -0.39 is 0 Å². The number of hydrogen-bond acceptors (Lipinski definition) is 6. The predicted octanol–water partition coefficient (Wildman–Crippen LogP) is 1.48. The van der Waals surface area contributed by atoms with E-state index >= 15 is 0 Å². The van der Waals surface area contributed by atoms with Gasteiger partial charge >= 0.3 is 5.00 Å². The van der Waals surface area contributed by atoms with Gasteiger partial charge in [-0.25, -0.2) is 0 Å². The predicted molar refractivity (Wildman–Crippen MR) is 85.7 cm³/mol. The molecule has 1 amide bonds. The molecular weight excluding hydrogens is 304 g/mol. The van der Waals surface area contributed by atoms with Crippen LogP contribution in [0.15, 0.2) is 11.4 Å². The quantitative estimate of drug-likeness (QED) is 0.584. The first kappa shape index (κ1) is 16.9. The standard InChI is InChI=1S/C14H22N4O3S/c15-5-4-13(19)16-8-12-3-1-2-6-17(12)9-11-7-14(18(20)21)22-10-11/h7,10,12H,1-6,8-9,15H2,(H,16,19). The first-order valence-electron chi connectivity index (χ1n) is 7.52. The minimum atomic E-state index is -0.352. The van der Waals surface area contributed by atoms with Gasteiger partial charge in [-0.15, -0.1) is 0 Å². The van der Waals surface area contributed by atoms with Crippen LogP contribution in [0.2, 0.25) is 0 Å². The highest BCUT2D eigenvalue weighted by molar-refractivity contribution is 7.13. The summed E-state index contributed by atoms with van der Waals surface area (Å²) in [5.74, 6) is -0.0146. The Labute approximate surface area is 133 Å². The van der Waals surface area contributed by atoms with Gasteiger partial charge in [0.05, 0.1) is 4.92 Å². The average molecular weight is 326 g/mol. The number of piperidine rings is 1. The van der Waals surface area contributed by atoms with Crippen molar-refractivity contribution >= 4 is 22.2 Å². The summed E-state index contributed by atoms with van der Waals surface area (Å²) < 4.78 is 0. The third-order valence-corrected chi connectivity index (χ3v) is 4.79. The van der Waals surface area contributed by atoms with Crippen LogP contribution >= 0.6 is 11.3 Å². The van der Waals surface area contributed by atoms with Crippen molar-refractivity contribution < 1.29 is 9.72 Å². The van der Waals surface area contributed by atoms with E-state index in [2.05, 4.69) is 10.2 Å². The Morgan fingerprint density at radius 2 is 2.36 bits per heavy atom. The van der Waals surface area contributed by atoms with E-state index in [4.69, 9.17) is 5.73 Å². The Morgan fingerprint density at radius 3 is 3.05 bits per heavy atom. The fourth-order valence-electron chi connectivity index (χ4n) is 2.73. The highest BCUT2D eigenvalue weighted by Crippen LogP contribution is 2.26. The molecule has 1 aromatic rings. The molecule has 1 aliphatic heterocycles. The summed E-state index contributed by atoms with van der Waals surface area (Å²) in [5.41, 5.74) is 6.34. The molecule has 22 heavy (non-hydrogen) atoms. The Balaban J connectivity index is 1.91. The normalized spacial score (nSPS) is 19.0. The van der Waals surface area contributed by atoms with Crippen molar-refractivity contribution in [1.29, 1.82) is 0 Å². The number of nitrogens with one attached hydrogen (secondary N) is 1. The van der Waals surface area contributed by atoms with Crippen LogP contribution in [-0.4, -0.2) is 41.4 Å². The molecule has 8 heteroatoms. The SMILES string of the molecule is NCCC(=O)NCC1CCCCN1Cc1csc([N+](=O)[O-])c1. The number of nitro groups is 1. The lowest BCUT2D eigenvalue weighted by Gasteiger charge is -2.35. The summed E-state index contributed by atoms with van der Waals surface area (Å²) in [6.07, 6.45) is 3.66. The number of carbonyl (C=O) groups excluding carboxylic acids is 1. The lowest BCUT2D eigenvalue weighted by Crippen LogP contribution is -2.46. The van der Waals surface area contributed by atoms with Gasteiger partial charge in [-0.1, -0.05) is 17.8 Å². The van der Waals surface area contributed by atoms with Crippen molar-refractivity contribution in [2.75, 3.05) is 19.6 Å². The molecule has 0 bridgehead atoms. The van der Waals surface area contributed by atoms with Crippen LogP contribution < -0.4 is 11.1 Å². The summed E-state index contributed by atoms with van der Waals surface area (Å²) in [4.78, 5) is 24.3. The molecule has 3 N–H and O–H groups in total. The number of nitrogens with zero attached hydrogens (tertiary/aromatic N) is 2. The van der Waals surface area contributed by atoms with Crippen molar-refractivity contribution in [3.63, 3.8) is 0 Å². The zero-order valence-corrected chi connectivity index (χ0v) is 13.3. The zero-order valence-electron chi connectivity index (χ0n) is 12.5. The summed E-state index contributed by atoms with van der Waals surface area (Å²) in [5, 5.41) is 15.7. The second-order valence-electron chi connectivity index (χ2n) is 5.51. The van der Waals surface area contributed by atoms with Crippen LogP contribution in [0.5, 0.6) is 0 Å². The minimum absolute atomic E-state index is 0.0146. The molecule has 1 fully saturated rings. The molecule has 1 atom stereocenters. The maximum atomic E-state index is 11.5. The number of rotatable bonds is 7. The molecule has 2 rings (SSSR count). The monoisotopic (exact) mass is 326 g/mol. The molecule has 7 nitrogen and oxygen atoms in total. The summed E-state index contributed by atoms with van der Waals surface area (Å²) in [6.45, 7) is 2.63. The number of hydrogen-bond donors (Lipinski definition) is 2. The maximum absolute atomic E-state index is 11.5. The van der Waals surface area contributed by atoms with E-state index in [0.29, 0.717) is 26.1 Å². The van der Waals surface area contributed by atoms with Gasteiger partial charge < -0.3 is 11.1 Å². The van der Waals surface area contributed by atoms with Crippen LogP contribution in [0.4, 0.5) is 5.00 Å². The smallest absolute Gasteiger partial charge is 0.324 e. The molecule has 0 aliphatic carbocycles. The molecule has 2 heterocycles. The van der Waals surface area contributed by atoms with Gasteiger partial charge in [0, 0.05) is 43.5 Å². The van der Waals surface area contributed by atoms with Crippen LogP contribution in [0.3, 0.4) is 0 Å². The van der Waals surface area contributed by atoms with Crippen molar-refractivity contribution in [2.24, 2.45) is 5.73 Å². The van der Waals surface area contributed by atoms with Gasteiger partial charge in [-0.05, 0) is 24.9 Å². The Bertz CT molecular complexity index is 520. The van der Waals surface area contributed by atoms with Crippen molar-refractivity contribution in [2.45, 2.75) is 38.3 Å². The maximum Gasteiger partial charge on any atom is 0.324 e. The molecule has 0 aromatic carbocycles. The van der Waals surface area contributed by atoms with E-state index in [1.54, 1.807) is 6.07 Å². The third kappa shape index (κ3) is 4.75. The Hall–Kier alpha value is -1.51. The van der Waals surface area contributed by atoms with Crippen LogP contribution in [-0.2, 0) is 11.3 Å². The number of carbonyl (C=O) groups is 1. The van der Waals surface area contributed by atoms with Gasteiger partial charge in [-0.2, -0.15) is 0 Å². The molecule has 1 aliphatic rings. The Kier molecular flexibility index (Phi) is 6.29. The molecule has 0 radical (unpaired) electrons. The number of amides is 1. The lowest BCUT2D eigenvalue weighted by atomic mass is 10.0. The van der Waals surface area contributed by atoms with Gasteiger partial charge in [0.15, 0.2) is 0 Å². The van der Waals surface area contributed by atoms with Crippen LogP contribution in [0, 0.1) is 10.1 Å². The topological polar surface area (TPSA) is 102 Å². The first-order chi connectivity index (χ1) is 10.6. The fraction of sp³-hybridized carbons (Fsp3) is 0.643. The lowest BCUT2D eigenvalue weighted by molar-refractivity contribution is -0.380. The molecular formula is C14H22N4O3S. The zero-order chi connectivity index (χ0) is 15.9. The van der Waals surface area contributed by atoms with Crippen molar-refractivity contribution in [3.05, 3.63) is 27.1 Å². The van der Waals surface area contributed by atoms with E-state index in [-0.39, 0.29) is 21.9 Å². The van der Waals surface area contributed by atoms with Gasteiger partial charge in [0.25, 0.3) is 0 Å². The summed E-state index contributed by atoms with van der Waals surface area (Å²) >= 11 is 1.16. The van der Waals surface area contributed by atoms with E-state index in [1.807, 2.05) is 5.38 Å². The third-order valence-electron chi connectivity index (χ3n) is 3.86. The number of thiophene rings is 1.